The Bertz CT molecular complexity index is 731. The van der Waals surface area contributed by atoms with Crippen molar-refractivity contribution in [1.29, 1.82) is 0 Å². The lowest BCUT2D eigenvalue weighted by Crippen LogP contribution is -2.92. The molecule has 0 spiro atoms. The second-order valence-electron chi connectivity index (χ2n) is 5.90. The molecule has 0 bridgehead atoms. The summed E-state index contributed by atoms with van der Waals surface area (Å²) < 4.78 is 5.39. The number of nitrogens with zero attached hydrogens (tertiary/aromatic N) is 2. The zero-order valence-corrected chi connectivity index (χ0v) is 14.2. The molecule has 1 saturated heterocycles. The van der Waals surface area contributed by atoms with E-state index in [-0.39, 0.29) is 24.3 Å². The average molecular weight is 340 g/mol. The van der Waals surface area contributed by atoms with Crippen LogP contribution in [0.1, 0.15) is 19.0 Å². The Morgan fingerprint density at radius 3 is 2.68 bits per heavy atom. The second kappa shape index (κ2) is 7.90. The van der Waals surface area contributed by atoms with E-state index in [1.165, 1.54) is 4.90 Å². The van der Waals surface area contributed by atoms with Gasteiger partial charge in [0.15, 0.2) is 6.04 Å². The van der Waals surface area contributed by atoms with Crippen LogP contribution in [-0.2, 0) is 16.0 Å². The summed E-state index contributed by atoms with van der Waals surface area (Å²) in [6.07, 6.45) is 2.75. The molecule has 1 aliphatic rings. The van der Waals surface area contributed by atoms with Crippen LogP contribution in [0.25, 0.3) is 0 Å². The SMILES string of the molecule is CCOc1ccc(N2C(=O)C[C@@H]([NH2+]CCc3ccccn3)C2=O)cc1. The lowest BCUT2D eigenvalue weighted by molar-refractivity contribution is -0.674. The summed E-state index contributed by atoms with van der Waals surface area (Å²) in [4.78, 5) is 30.4. The Labute approximate surface area is 146 Å². The predicted molar refractivity (Wildman–Crippen MR) is 93.2 cm³/mol. The number of rotatable bonds is 7. The minimum atomic E-state index is -0.359. The molecule has 1 aliphatic heterocycles. The highest BCUT2D eigenvalue weighted by molar-refractivity contribution is 6.21. The number of quaternary nitrogens is 1. The number of hydrogen-bond acceptors (Lipinski definition) is 4. The number of imide groups is 1. The van der Waals surface area contributed by atoms with E-state index in [0.717, 1.165) is 24.4 Å². The lowest BCUT2D eigenvalue weighted by Gasteiger charge is -2.14. The van der Waals surface area contributed by atoms with Crippen molar-refractivity contribution in [2.24, 2.45) is 0 Å². The quantitative estimate of drug-likeness (QED) is 0.761. The van der Waals surface area contributed by atoms with Gasteiger partial charge in [0.25, 0.3) is 5.91 Å². The standard InChI is InChI=1S/C19H21N3O3/c1-2-25-16-8-6-15(7-9-16)22-18(23)13-17(19(22)24)21-12-10-14-5-3-4-11-20-14/h3-9,11,17,21H,2,10,12-13H2,1H3/p+1/t17-/m1/s1. The van der Waals surface area contributed by atoms with Crippen molar-refractivity contribution in [3.63, 3.8) is 0 Å². The number of ether oxygens (including phenoxy) is 1. The van der Waals surface area contributed by atoms with Gasteiger partial charge in [0.05, 0.1) is 25.3 Å². The van der Waals surface area contributed by atoms with Crippen LogP contribution in [0, 0.1) is 0 Å². The van der Waals surface area contributed by atoms with Crippen molar-refractivity contribution in [3.05, 3.63) is 54.4 Å². The molecule has 25 heavy (non-hydrogen) atoms. The van der Waals surface area contributed by atoms with Gasteiger partial charge in [-0.3, -0.25) is 14.6 Å². The van der Waals surface area contributed by atoms with E-state index in [1.54, 1.807) is 30.5 Å². The fourth-order valence-corrected chi connectivity index (χ4v) is 2.95. The fourth-order valence-electron chi connectivity index (χ4n) is 2.95. The number of benzene rings is 1. The molecule has 3 rings (SSSR count). The van der Waals surface area contributed by atoms with Gasteiger partial charge in [-0.15, -0.1) is 0 Å². The molecule has 1 aromatic heterocycles. The third-order valence-electron chi connectivity index (χ3n) is 4.17. The minimum absolute atomic E-state index is 0.157. The van der Waals surface area contributed by atoms with Gasteiger partial charge in [-0.1, -0.05) is 6.07 Å². The first-order valence-corrected chi connectivity index (χ1v) is 8.52. The van der Waals surface area contributed by atoms with E-state index in [4.69, 9.17) is 4.74 Å². The normalized spacial score (nSPS) is 17.2. The number of nitrogens with two attached hydrogens (primary N) is 1. The Hall–Kier alpha value is -2.73. The molecule has 1 atom stereocenters. The second-order valence-corrected chi connectivity index (χ2v) is 5.90. The van der Waals surface area contributed by atoms with Crippen LogP contribution in [0.3, 0.4) is 0 Å². The summed E-state index contributed by atoms with van der Waals surface area (Å²) in [5, 5.41) is 1.93. The Balaban J connectivity index is 1.59. The zero-order valence-electron chi connectivity index (χ0n) is 14.2. The molecular formula is C19H22N3O3+. The minimum Gasteiger partial charge on any atom is -0.494 e. The average Bonchev–Trinajstić information content (AvgIpc) is 2.91. The summed E-state index contributed by atoms with van der Waals surface area (Å²) in [5.74, 6) is 0.409. The van der Waals surface area contributed by atoms with Crippen LogP contribution in [0.5, 0.6) is 5.75 Å². The highest BCUT2D eigenvalue weighted by Crippen LogP contribution is 2.24. The molecule has 1 aromatic carbocycles. The molecule has 0 aliphatic carbocycles. The number of aromatic nitrogens is 1. The molecule has 2 heterocycles. The highest BCUT2D eigenvalue weighted by atomic mass is 16.5. The van der Waals surface area contributed by atoms with Gasteiger partial charge in [-0.05, 0) is 43.3 Å². The molecule has 6 nitrogen and oxygen atoms in total. The van der Waals surface area contributed by atoms with E-state index in [2.05, 4.69) is 4.98 Å². The third kappa shape index (κ3) is 4.03. The zero-order chi connectivity index (χ0) is 17.6. The van der Waals surface area contributed by atoms with Gasteiger partial charge >= 0.3 is 0 Å². The topological polar surface area (TPSA) is 76.1 Å². The van der Waals surface area contributed by atoms with Crippen LogP contribution < -0.4 is 15.0 Å². The van der Waals surface area contributed by atoms with Crippen LogP contribution in [0.15, 0.2) is 48.7 Å². The molecule has 0 radical (unpaired) electrons. The first-order chi connectivity index (χ1) is 12.2. The molecular weight excluding hydrogens is 318 g/mol. The van der Waals surface area contributed by atoms with Crippen molar-refractivity contribution >= 4 is 17.5 Å². The Morgan fingerprint density at radius 1 is 1.20 bits per heavy atom. The van der Waals surface area contributed by atoms with Gasteiger partial charge in [0.2, 0.25) is 5.91 Å². The Kier molecular flexibility index (Phi) is 5.40. The molecule has 2 N–H and O–H groups in total. The number of amides is 2. The summed E-state index contributed by atoms with van der Waals surface area (Å²) in [5.41, 5.74) is 1.58. The number of anilines is 1. The van der Waals surface area contributed by atoms with E-state index in [9.17, 15) is 9.59 Å². The fraction of sp³-hybridized carbons (Fsp3) is 0.316. The van der Waals surface area contributed by atoms with Crippen molar-refractivity contribution in [2.45, 2.75) is 25.8 Å². The smallest absolute Gasteiger partial charge is 0.292 e. The first kappa shape index (κ1) is 17.1. The number of hydrogen-bond donors (Lipinski definition) is 1. The van der Waals surface area contributed by atoms with Gasteiger partial charge < -0.3 is 10.1 Å². The largest absolute Gasteiger partial charge is 0.494 e. The van der Waals surface area contributed by atoms with Gasteiger partial charge in [0.1, 0.15) is 5.75 Å². The maximum absolute atomic E-state index is 12.6. The molecule has 6 heteroatoms. The van der Waals surface area contributed by atoms with Crippen molar-refractivity contribution in [1.82, 2.24) is 4.98 Å². The van der Waals surface area contributed by atoms with Gasteiger partial charge in [-0.2, -0.15) is 0 Å². The number of carbonyl (C=O) groups is 2. The molecule has 0 unspecified atom stereocenters. The highest BCUT2D eigenvalue weighted by Gasteiger charge is 2.42. The van der Waals surface area contributed by atoms with Crippen LogP contribution in [0.2, 0.25) is 0 Å². The van der Waals surface area contributed by atoms with Crippen molar-refractivity contribution in [3.8, 4) is 5.75 Å². The van der Waals surface area contributed by atoms with Gasteiger partial charge in [0, 0.05) is 18.3 Å². The molecule has 2 amide bonds. The van der Waals surface area contributed by atoms with Crippen LogP contribution in [0.4, 0.5) is 5.69 Å². The van der Waals surface area contributed by atoms with Gasteiger partial charge in [-0.25, -0.2) is 4.90 Å². The van der Waals surface area contributed by atoms with E-state index >= 15 is 0 Å². The maximum Gasteiger partial charge on any atom is 0.292 e. The monoisotopic (exact) mass is 340 g/mol. The molecule has 0 saturated carbocycles. The van der Waals surface area contributed by atoms with E-state index in [1.807, 2.05) is 30.4 Å². The molecule has 1 fully saturated rings. The Morgan fingerprint density at radius 2 is 2.00 bits per heavy atom. The summed E-state index contributed by atoms with van der Waals surface area (Å²) in [7, 11) is 0. The third-order valence-corrected chi connectivity index (χ3v) is 4.17. The summed E-state index contributed by atoms with van der Waals surface area (Å²) in [6.45, 7) is 3.21. The number of carbonyl (C=O) groups excluding carboxylic acids is 2. The molecule has 2 aromatic rings. The lowest BCUT2D eigenvalue weighted by atomic mass is 10.2. The van der Waals surface area contributed by atoms with Crippen molar-refractivity contribution in [2.75, 3.05) is 18.1 Å². The van der Waals surface area contributed by atoms with E-state index in [0.29, 0.717) is 12.3 Å². The van der Waals surface area contributed by atoms with Crippen molar-refractivity contribution < 1.29 is 19.6 Å². The summed E-state index contributed by atoms with van der Waals surface area (Å²) in [6, 6.07) is 12.5. The first-order valence-electron chi connectivity index (χ1n) is 8.52. The summed E-state index contributed by atoms with van der Waals surface area (Å²) >= 11 is 0. The van der Waals surface area contributed by atoms with E-state index < -0.39 is 0 Å². The molecule has 130 valence electrons. The van der Waals surface area contributed by atoms with Crippen LogP contribution >= 0.6 is 0 Å². The number of pyridine rings is 1. The predicted octanol–water partition coefficient (Wildman–Crippen LogP) is 0.918. The van der Waals surface area contributed by atoms with Crippen LogP contribution in [-0.4, -0.2) is 36.0 Å². The maximum atomic E-state index is 12.6.